The number of nitrogens with zero attached hydrogens (tertiary/aromatic N) is 3. The van der Waals surface area contributed by atoms with Crippen molar-refractivity contribution in [2.24, 2.45) is 0 Å². The van der Waals surface area contributed by atoms with Crippen LogP contribution in [0.15, 0.2) is 24.4 Å². The summed E-state index contributed by atoms with van der Waals surface area (Å²) in [6, 6.07) is 5.58. The first-order valence-corrected chi connectivity index (χ1v) is 8.66. The van der Waals surface area contributed by atoms with Gasteiger partial charge < -0.3 is 10.0 Å². The van der Waals surface area contributed by atoms with Crippen molar-refractivity contribution in [3.05, 3.63) is 24.4 Å². The van der Waals surface area contributed by atoms with E-state index in [4.69, 9.17) is 0 Å². The van der Waals surface area contributed by atoms with Crippen molar-refractivity contribution < 1.29 is 13.5 Å². The van der Waals surface area contributed by atoms with Crippen molar-refractivity contribution in [1.82, 2.24) is 9.88 Å². The molecule has 2 fully saturated rings. The highest BCUT2D eigenvalue weighted by Gasteiger charge is 2.40. The van der Waals surface area contributed by atoms with Crippen molar-refractivity contribution >= 4 is 15.7 Å². The summed E-state index contributed by atoms with van der Waals surface area (Å²) in [5, 5.41) is 9.91. The smallest absolute Gasteiger partial charge is 0.154 e. The Bertz CT molecular complexity index is 555. The highest BCUT2D eigenvalue weighted by molar-refractivity contribution is 7.91. The number of aromatic nitrogens is 1. The maximum atomic E-state index is 11.6. The first kappa shape index (κ1) is 13.8. The lowest BCUT2D eigenvalue weighted by Gasteiger charge is -2.39. The second-order valence-corrected chi connectivity index (χ2v) is 7.58. The molecule has 2 unspecified atom stereocenters. The van der Waals surface area contributed by atoms with Crippen LogP contribution in [0.4, 0.5) is 5.82 Å². The molecule has 0 radical (unpaired) electrons. The zero-order valence-corrected chi connectivity index (χ0v) is 12.0. The summed E-state index contributed by atoms with van der Waals surface area (Å²) in [4.78, 5) is 8.60. The Hall–Kier alpha value is -1.18. The van der Waals surface area contributed by atoms with E-state index in [9.17, 15) is 13.5 Å². The first-order valence-electron chi connectivity index (χ1n) is 6.84. The van der Waals surface area contributed by atoms with Crippen LogP contribution in [-0.2, 0) is 9.84 Å². The van der Waals surface area contributed by atoms with E-state index in [0.717, 1.165) is 32.0 Å². The Kier molecular flexibility index (Phi) is 3.66. The average Bonchev–Trinajstić information content (AvgIpc) is 2.73. The summed E-state index contributed by atoms with van der Waals surface area (Å²) in [7, 11) is -3.08. The topological polar surface area (TPSA) is 73.7 Å². The molecule has 110 valence electrons. The molecule has 0 aliphatic carbocycles. The van der Waals surface area contributed by atoms with Gasteiger partial charge in [-0.25, -0.2) is 13.4 Å². The third-order valence-corrected chi connectivity index (χ3v) is 5.75. The van der Waals surface area contributed by atoms with Crippen LogP contribution in [0.1, 0.15) is 0 Å². The Balaban J connectivity index is 1.62. The van der Waals surface area contributed by atoms with Crippen LogP contribution in [0.2, 0.25) is 0 Å². The molecule has 3 heterocycles. The molecule has 0 spiro atoms. The number of anilines is 1. The van der Waals surface area contributed by atoms with Crippen LogP contribution in [0, 0.1) is 0 Å². The molecule has 1 aromatic heterocycles. The molecule has 2 atom stereocenters. The van der Waals surface area contributed by atoms with Crippen molar-refractivity contribution in [1.29, 1.82) is 0 Å². The lowest BCUT2D eigenvalue weighted by Crippen LogP contribution is -2.53. The predicted octanol–water partition coefficient (Wildman–Crippen LogP) is -0.638. The fourth-order valence-electron chi connectivity index (χ4n) is 2.98. The molecular weight excluding hydrogens is 278 g/mol. The van der Waals surface area contributed by atoms with E-state index in [-0.39, 0.29) is 17.5 Å². The minimum Gasteiger partial charge on any atom is -0.390 e. The van der Waals surface area contributed by atoms with E-state index < -0.39 is 15.9 Å². The molecule has 20 heavy (non-hydrogen) atoms. The van der Waals surface area contributed by atoms with Gasteiger partial charge in [-0.2, -0.15) is 0 Å². The zero-order chi connectivity index (χ0) is 14.2. The molecule has 7 heteroatoms. The molecule has 3 rings (SSSR count). The van der Waals surface area contributed by atoms with Gasteiger partial charge in [0.25, 0.3) is 0 Å². The second kappa shape index (κ2) is 5.31. The SMILES string of the molecule is O=S1(=O)CC(O)C(N2CCN(c3ccccn3)CC2)C1. The first-order chi connectivity index (χ1) is 9.55. The molecule has 0 bridgehead atoms. The van der Waals surface area contributed by atoms with E-state index in [1.165, 1.54) is 0 Å². The number of hydrogen-bond acceptors (Lipinski definition) is 6. The summed E-state index contributed by atoms with van der Waals surface area (Å²) in [6.45, 7) is 3.13. The zero-order valence-electron chi connectivity index (χ0n) is 11.2. The molecule has 2 saturated heterocycles. The van der Waals surface area contributed by atoms with Crippen LogP contribution in [0.25, 0.3) is 0 Å². The molecule has 2 aliphatic rings. The van der Waals surface area contributed by atoms with E-state index in [1.807, 2.05) is 18.2 Å². The van der Waals surface area contributed by atoms with Crippen LogP contribution < -0.4 is 4.90 Å². The predicted molar refractivity (Wildman–Crippen MR) is 76.5 cm³/mol. The van der Waals surface area contributed by atoms with Gasteiger partial charge in [0.2, 0.25) is 0 Å². The maximum absolute atomic E-state index is 11.6. The normalized spacial score (nSPS) is 30.6. The summed E-state index contributed by atoms with van der Waals surface area (Å²) < 4.78 is 23.1. The molecule has 2 aliphatic heterocycles. The Labute approximate surface area is 118 Å². The number of aliphatic hydroxyl groups excluding tert-OH is 1. The van der Waals surface area contributed by atoms with Crippen molar-refractivity contribution in [3.63, 3.8) is 0 Å². The highest BCUT2D eigenvalue weighted by Crippen LogP contribution is 2.21. The fraction of sp³-hybridized carbons (Fsp3) is 0.615. The van der Waals surface area contributed by atoms with Gasteiger partial charge in [-0.15, -0.1) is 0 Å². The molecule has 6 nitrogen and oxygen atoms in total. The van der Waals surface area contributed by atoms with Gasteiger partial charge >= 0.3 is 0 Å². The molecule has 0 aromatic carbocycles. The lowest BCUT2D eigenvalue weighted by molar-refractivity contribution is 0.0792. The van der Waals surface area contributed by atoms with Crippen LogP contribution in [0.5, 0.6) is 0 Å². The van der Waals surface area contributed by atoms with E-state index >= 15 is 0 Å². The Morgan fingerprint density at radius 3 is 2.45 bits per heavy atom. The number of pyridine rings is 1. The van der Waals surface area contributed by atoms with Gasteiger partial charge in [0.15, 0.2) is 9.84 Å². The van der Waals surface area contributed by atoms with Gasteiger partial charge in [-0.3, -0.25) is 4.90 Å². The Morgan fingerprint density at radius 2 is 1.90 bits per heavy atom. The number of rotatable bonds is 2. The quantitative estimate of drug-likeness (QED) is 0.783. The minimum absolute atomic E-state index is 0.0811. The third-order valence-electron chi connectivity index (χ3n) is 4.05. The van der Waals surface area contributed by atoms with Crippen LogP contribution >= 0.6 is 0 Å². The molecule has 1 N–H and O–H groups in total. The molecule has 0 saturated carbocycles. The lowest BCUT2D eigenvalue weighted by atomic mass is 10.1. The van der Waals surface area contributed by atoms with Gasteiger partial charge in [0.05, 0.1) is 23.7 Å². The number of hydrogen-bond donors (Lipinski definition) is 1. The van der Waals surface area contributed by atoms with Crippen LogP contribution in [0.3, 0.4) is 0 Å². The number of piperazine rings is 1. The number of sulfone groups is 1. The highest BCUT2D eigenvalue weighted by atomic mass is 32.2. The maximum Gasteiger partial charge on any atom is 0.154 e. The molecule has 0 amide bonds. The van der Waals surface area contributed by atoms with Gasteiger partial charge in [0.1, 0.15) is 5.82 Å². The molecule has 1 aromatic rings. The Morgan fingerprint density at radius 1 is 1.15 bits per heavy atom. The third kappa shape index (κ3) is 2.79. The average molecular weight is 297 g/mol. The van der Waals surface area contributed by atoms with E-state index in [0.29, 0.717) is 0 Å². The van der Waals surface area contributed by atoms with Gasteiger partial charge in [0, 0.05) is 32.4 Å². The van der Waals surface area contributed by atoms with Crippen LogP contribution in [-0.4, -0.2) is 73.2 Å². The van der Waals surface area contributed by atoms with Crippen molar-refractivity contribution in [2.75, 3.05) is 42.6 Å². The van der Waals surface area contributed by atoms with Gasteiger partial charge in [-0.05, 0) is 12.1 Å². The fourth-order valence-corrected chi connectivity index (χ4v) is 4.81. The molecular formula is C13H19N3O3S. The largest absolute Gasteiger partial charge is 0.390 e. The van der Waals surface area contributed by atoms with Gasteiger partial charge in [-0.1, -0.05) is 6.07 Å². The van der Waals surface area contributed by atoms with Crippen molar-refractivity contribution in [2.45, 2.75) is 12.1 Å². The van der Waals surface area contributed by atoms with E-state index in [1.54, 1.807) is 6.20 Å². The standard InChI is InChI=1S/C13H19N3O3S/c17-12-10-20(18,19)9-11(12)15-5-7-16(8-6-15)13-3-1-2-4-14-13/h1-4,11-12,17H,5-10H2. The second-order valence-electron chi connectivity index (χ2n) is 5.42. The van der Waals surface area contributed by atoms with E-state index in [2.05, 4.69) is 14.8 Å². The number of aliphatic hydroxyl groups is 1. The summed E-state index contributed by atoms with van der Waals surface area (Å²) in [6.07, 6.45) is 1.02. The summed E-state index contributed by atoms with van der Waals surface area (Å²) in [5.41, 5.74) is 0. The summed E-state index contributed by atoms with van der Waals surface area (Å²) in [5.74, 6) is 0.933. The summed E-state index contributed by atoms with van der Waals surface area (Å²) >= 11 is 0. The monoisotopic (exact) mass is 297 g/mol. The minimum atomic E-state index is -3.08. The van der Waals surface area contributed by atoms with Crippen molar-refractivity contribution in [3.8, 4) is 0 Å².